The van der Waals surface area contributed by atoms with E-state index < -0.39 is 0 Å². The number of rotatable bonds is 6. The lowest BCUT2D eigenvalue weighted by atomic mass is 10.0. The molecule has 1 aliphatic rings. The normalized spacial score (nSPS) is 17.6. The second-order valence-corrected chi connectivity index (χ2v) is 6.16. The monoisotopic (exact) mass is 326 g/mol. The van der Waals surface area contributed by atoms with Crippen molar-refractivity contribution in [1.29, 1.82) is 0 Å². The maximum atomic E-state index is 9.94. The van der Waals surface area contributed by atoms with E-state index in [2.05, 4.69) is 22.8 Å². The van der Waals surface area contributed by atoms with E-state index in [9.17, 15) is 5.11 Å². The van der Waals surface area contributed by atoms with Crippen molar-refractivity contribution < 1.29 is 9.84 Å². The SMILES string of the molecule is CCN1CCN(C(CO)c2cccc(Oc3ccccc3)c2)CC1. The molecule has 4 nitrogen and oxygen atoms in total. The minimum Gasteiger partial charge on any atom is -0.457 e. The Bertz CT molecular complexity index is 625. The van der Waals surface area contributed by atoms with Crippen molar-refractivity contribution in [2.45, 2.75) is 13.0 Å². The maximum Gasteiger partial charge on any atom is 0.127 e. The number of para-hydroxylation sites is 1. The summed E-state index contributed by atoms with van der Waals surface area (Å²) in [6.45, 7) is 7.52. The molecule has 128 valence electrons. The third kappa shape index (κ3) is 4.15. The average molecular weight is 326 g/mol. The number of ether oxygens (including phenoxy) is 1. The molecule has 0 bridgehead atoms. The van der Waals surface area contributed by atoms with Gasteiger partial charge >= 0.3 is 0 Å². The highest BCUT2D eigenvalue weighted by molar-refractivity contribution is 5.35. The third-order valence-corrected chi connectivity index (χ3v) is 4.69. The van der Waals surface area contributed by atoms with Gasteiger partial charge < -0.3 is 14.7 Å². The Morgan fingerprint density at radius 2 is 1.67 bits per heavy atom. The van der Waals surface area contributed by atoms with E-state index in [1.807, 2.05) is 48.5 Å². The Labute approximate surface area is 144 Å². The summed E-state index contributed by atoms with van der Waals surface area (Å²) in [5.74, 6) is 1.64. The zero-order valence-electron chi connectivity index (χ0n) is 14.3. The van der Waals surface area contributed by atoms with Gasteiger partial charge in [0.05, 0.1) is 12.6 Å². The number of hydrogen-bond acceptors (Lipinski definition) is 4. The highest BCUT2D eigenvalue weighted by Gasteiger charge is 2.24. The molecule has 2 aromatic rings. The van der Waals surface area contributed by atoms with Crippen LogP contribution >= 0.6 is 0 Å². The standard InChI is InChI=1S/C20H26N2O2/c1-2-21-11-13-22(14-12-21)20(16-23)17-7-6-10-19(15-17)24-18-8-4-3-5-9-18/h3-10,15,20,23H,2,11-14,16H2,1H3. The summed E-state index contributed by atoms with van der Waals surface area (Å²) in [6.07, 6.45) is 0. The van der Waals surface area contributed by atoms with Gasteiger partial charge in [-0.25, -0.2) is 0 Å². The fourth-order valence-electron chi connectivity index (χ4n) is 3.23. The average Bonchev–Trinajstić information content (AvgIpc) is 2.64. The Kier molecular flexibility index (Phi) is 5.86. The molecule has 0 radical (unpaired) electrons. The molecule has 1 aliphatic heterocycles. The van der Waals surface area contributed by atoms with Crippen molar-refractivity contribution in [3.05, 3.63) is 60.2 Å². The van der Waals surface area contributed by atoms with E-state index in [1.165, 1.54) is 0 Å². The van der Waals surface area contributed by atoms with Gasteiger partial charge in [0.25, 0.3) is 0 Å². The first-order chi connectivity index (χ1) is 11.8. The van der Waals surface area contributed by atoms with Crippen LogP contribution in [0, 0.1) is 0 Å². The fraction of sp³-hybridized carbons (Fsp3) is 0.400. The highest BCUT2D eigenvalue weighted by atomic mass is 16.5. The van der Waals surface area contributed by atoms with Crippen LogP contribution in [0.4, 0.5) is 0 Å². The minimum absolute atomic E-state index is 0.0309. The topological polar surface area (TPSA) is 35.9 Å². The van der Waals surface area contributed by atoms with E-state index in [0.29, 0.717) is 0 Å². The van der Waals surface area contributed by atoms with Gasteiger partial charge in [0.15, 0.2) is 0 Å². The second-order valence-electron chi connectivity index (χ2n) is 6.16. The number of benzene rings is 2. The van der Waals surface area contributed by atoms with Gasteiger partial charge in [-0.15, -0.1) is 0 Å². The van der Waals surface area contributed by atoms with Gasteiger partial charge in [-0.2, -0.15) is 0 Å². The van der Waals surface area contributed by atoms with Crippen LogP contribution in [0.3, 0.4) is 0 Å². The molecule has 4 heteroatoms. The van der Waals surface area contributed by atoms with E-state index in [4.69, 9.17) is 4.74 Å². The number of aliphatic hydroxyl groups is 1. The van der Waals surface area contributed by atoms with Crippen LogP contribution < -0.4 is 4.74 Å². The first-order valence-electron chi connectivity index (χ1n) is 8.70. The molecular formula is C20H26N2O2. The van der Waals surface area contributed by atoms with Crippen LogP contribution in [0.1, 0.15) is 18.5 Å². The molecule has 1 fully saturated rings. The first kappa shape index (κ1) is 17.0. The highest BCUT2D eigenvalue weighted by Crippen LogP contribution is 2.27. The summed E-state index contributed by atoms with van der Waals surface area (Å²) in [5.41, 5.74) is 1.11. The van der Waals surface area contributed by atoms with Crippen molar-refractivity contribution in [2.75, 3.05) is 39.3 Å². The van der Waals surface area contributed by atoms with Crippen molar-refractivity contribution in [1.82, 2.24) is 9.80 Å². The lowest BCUT2D eigenvalue weighted by Crippen LogP contribution is -2.48. The van der Waals surface area contributed by atoms with Crippen LogP contribution in [0.25, 0.3) is 0 Å². The Morgan fingerprint density at radius 3 is 2.33 bits per heavy atom. The minimum atomic E-state index is 0.0309. The summed E-state index contributed by atoms with van der Waals surface area (Å²) in [4.78, 5) is 4.81. The van der Waals surface area contributed by atoms with Crippen molar-refractivity contribution in [3.8, 4) is 11.5 Å². The molecule has 0 spiro atoms. The molecule has 1 saturated heterocycles. The Hall–Kier alpha value is -1.88. The van der Waals surface area contributed by atoms with E-state index in [-0.39, 0.29) is 12.6 Å². The van der Waals surface area contributed by atoms with Gasteiger partial charge in [-0.1, -0.05) is 37.3 Å². The number of likely N-dealkylation sites (N-methyl/N-ethyl adjacent to an activating group) is 1. The zero-order chi connectivity index (χ0) is 16.8. The number of hydrogen-bond donors (Lipinski definition) is 1. The molecule has 0 aromatic heterocycles. The molecule has 2 aromatic carbocycles. The van der Waals surface area contributed by atoms with Crippen molar-refractivity contribution in [3.63, 3.8) is 0 Å². The molecule has 1 N–H and O–H groups in total. The summed E-state index contributed by atoms with van der Waals surface area (Å²) in [5, 5.41) is 9.94. The molecule has 1 heterocycles. The smallest absolute Gasteiger partial charge is 0.127 e. The van der Waals surface area contributed by atoms with Gasteiger partial charge in [-0.3, -0.25) is 4.90 Å². The molecule has 1 unspecified atom stereocenters. The second kappa shape index (κ2) is 8.29. The quantitative estimate of drug-likeness (QED) is 0.885. The number of aliphatic hydroxyl groups excluding tert-OH is 1. The first-order valence-corrected chi connectivity index (χ1v) is 8.70. The lowest BCUT2D eigenvalue weighted by molar-refractivity contribution is 0.0671. The number of piperazine rings is 1. The van der Waals surface area contributed by atoms with Crippen LogP contribution in [-0.4, -0.2) is 54.2 Å². The molecule has 0 amide bonds. The molecule has 1 atom stereocenters. The lowest BCUT2D eigenvalue weighted by Gasteiger charge is -2.38. The van der Waals surface area contributed by atoms with Crippen molar-refractivity contribution in [2.24, 2.45) is 0 Å². The third-order valence-electron chi connectivity index (χ3n) is 4.69. The van der Waals surface area contributed by atoms with E-state index >= 15 is 0 Å². The maximum absolute atomic E-state index is 9.94. The van der Waals surface area contributed by atoms with Gasteiger partial charge in [0.2, 0.25) is 0 Å². The van der Waals surface area contributed by atoms with Gasteiger partial charge in [-0.05, 0) is 36.4 Å². The van der Waals surface area contributed by atoms with Crippen LogP contribution in [0.5, 0.6) is 11.5 Å². The van der Waals surface area contributed by atoms with Gasteiger partial charge in [0.1, 0.15) is 11.5 Å². The predicted octanol–water partition coefficient (Wildman–Crippen LogP) is 3.15. The Morgan fingerprint density at radius 1 is 0.958 bits per heavy atom. The number of nitrogens with zero attached hydrogens (tertiary/aromatic N) is 2. The molecular weight excluding hydrogens is 300 g/mol. The fourth-order valence-corrected chi connectivity index (χ4v) is 3.23. The van der Waals surface area contributed by atoms with E-state index in [0.717, 1.165) is 49.8 Å². The molecule has 0 saturated carbocycles. The van der Waals surface area contributed by atoms with Crippen LogP contribution in [0.15, 0.2) is 54.6 Å². The van der Waals surface area contributed by atoms with E-state index in [1.54, 1.807) is 0 Å². The van der Waals surface area contributed by atoms with Crippen molar-refractivity contribution >= 4 is 0 Å². The van der Waals surface area contributed by atoms with Gasteiger partial charge in [0, 0.05) is 26.2 Å². The molecule has 24 heavy (non-hydrogen) atoms. The molecule has 0 aliphatic carbocycles. The largest absolute Gasteiger partial charge is 0.457 e. The molecule has 3 rings (SSSR count). The summed E-state index contributed by atoms with van der Waals surface area (Å²) in [7, 11) is 0. The van der Waals surface area contributed by atoms with Crippen LogP contribution in [-0.2, 0) is 0 Å². The predicted molar refractivity (Wildman–Crippen MR) is 96.5 cm³/mol. The zero-order valence-corrected chi connectivity index (χ0v) is 14.3. The Balaban J connectivity index is 1.71. The summed E-state index contributed by atoms with van der Waals surface area (Å²) in [6, 6.07) is 17.9. The summed E-state index contributed by atoms with van der Waals surface area (Å²) < 4.78 is 5.93. The summed E-state index contributed by atoms with van der Waals surface area (Å²) >= 11 is 0. The van der Waals surface area contributed by atoms with Crippen LogP contribution in [0.2, 0.25) is 0 Å².